The van der Waals surface area contributed by atoms with Gasteiger partial charge in [0.1, 0.15) is 0 Å². The van der Waals surface area contributed by atoms with Crippen LogP contribution in [0.2, 0.25) is 0 Å². The molecule has 1 N–H and O–H groups in total. The van der Waals surface area contributed by atoms with Gasteiger partial charge in [0.25, 0.3) is 0 Å². The highest BCUT2D eigenvalue weighted by Gasteiger charge is 2.37. The predicted molar refractivity (Wildman–Crippen MR) is 65.4 cm³/mol. The van der Waals surface area contributed by atoms with Gasteiger partial charge in [0.2, 0.25) is 10.0 Å². The summed E-state index contributed by atoms with van der Waals surface area (Å²) in [6.45, 7) is -0.419. The van der Waals surface area contributed by atoms with E-state index in [1.54, 1.807) is 0 Å². The largest absolute Gasteiger partial charge is 0.395 e. The summed E-state index contributed by atoms with van der Waals surface area (Å²) < 4.78 is 47.4. The lowest BCUT2D eigenvalue weighted by atomic mass is 10.3. The summed E-state index contributed by atoms with van der Waals surface area (Å²) in [6, 6.07) is -0.569. The number of alkyl halides is 1. The molecule has 1 fully saturated rings. The minimum atomic E-state index is -3.59. The Morgan fingerprint density at radius 2 is 2.06 bits per heavy atom. The lowest BCUT2D eigenvalue weighted by Crippen LogP contribution is -2.44. The summed E-state index contributed by atoms with van der Waals surface area (Å²) in [5, 5.41) is 8.87. The second-order valence-electron chi connectivity index (χ2n) is 3.90. The molecule has 6 nitrogen and oxygen atoms in total. The van der Waals surface area contributed by atoms with Crippen molar-refractivity contribution in [3.05, 3.63) is 0 Å². The molecular weight excluding hydrogens is 290 g/mol. The molecule has 0 aromatic carbocycles. The van der Waals surface area contributed by atoms with Crippen LogP contribution in [0, 0.1) is 0 Å². The van der Waals surface area contributed by atoms with Crippen LogP contribution in [0.15, 0.2) is 0 Å². The van der Waals surface area contributed by atoms with Gasteiger partial charge in [-0.2, -0.15) is 4.31 Å². The average Bonchev–Trinajstić information content (AvgIpc) is 2.54. The van der Waals surface area contributed by atoms with Crippen molar-refractivity contribution in [1.29, 1.82) is 0 Å². The number of sulfone groups is 1. The molecule has 0 radical (unpaired) electrons. The van der Waals surface area contributed by atoms with Crippen LogP contribution in [0.3, 0.4) is 0 Å². The maximum atomic E-state index is 11.9. The van der Waals surface area contributed by atoms with Crippen LogP contribution in [0.4, 0.5) is 0 Å². The van der Waals surface area contributed by atoms with Crippen LogP contribution in [-0.2, 0) is 19.9 Å². The Morgan fingerprint density at radius 3 is 2.47 bits per heavy atom. The van der Waals surface area contributed by atoms with E-state index in [0.717, 1.165) is 4.31 Å². The molecule has 0 aromatic rings. The molecular formula is C8H16ClNO5S2. The zero-order valence-electron chi connectivity index (χ0n) is 9.25. The Balaban J connectivity index is 2.87. The summed E-state index contributed by atoms with van der Waals surface area (Å²) in [4.78, 5) is 0. The molecule has 0 spiro atoms. The molecule has 17 heavy (non-hydrogen) atoms. The molecule has 9 heteroatoms. The summed E-state index contributed by atoms with van der Waals surface area (Å²) >= 11 is 5.41. The van der Waals surface area contributed by atoms with Crippen LogP contribution in [0.5, 0.6) is 0 Å². The fourth-order valence-electron chi connectivity index (χ4n) is 1.86. The molecule has 1 saturated heterocycles. The number of hydrogen-bond donors (Lipinski definition) is 1. The van der Waals surface area contributed by atoms with Crippen LogP contribution in [-0.4, -0.2) is 68.6 Å². The molecule has 1 heterocycles. The van der Waals surface area contributed by atoms with E-state index in [9.17, 15) is 16.8 Å². The third kappa shape index (κ3) is 4.06. The molecule has 0 bridgehead atoms. The highest BCUT2D eigenvalue weighted by atomic mass is 35.5. The minimum absolute atomic E-state index is 0.00398. The second kappa shape index (κ2) is 5.83. The lowest BCUT2D eigenvalue weighted by Gasteiger charge is -2.26. The van der Waals surface area contributed by atoms with Crippen LogP contribution >= 0.6 is 11.6 Å². The normalized spacial score (nSPS) is 24.3. The monoisotopic (exact) mass is 305 g/mol. The zero-order chi connectivity index (χ0) is 13.1. The van der Waals surface area contributed by atoms with E-state index in [2.05, 4.69) is 0 Å². The third-order valence-corrected chi connectivity index (χ3v) is 6.71. The molecule has 1 aliphatic heterocycles. The maximum absolute atomic E-state index is 11.9. The van der Waals surface area contributed by atoms with E-state index < -0.39 is 25.9 Å². The number of nitrogens with zero attached hydrogens (tertiary/aromatic N) is 1. The number of hydrogen-bond acceptors (Lipinski definition) is 5. The van der Waals surface area contributed by atoms with Crippen molar-refractivity contribution in [3.63, 3.8) is 0 Å². The van der Waals surface area contributed by atoms with E-state index >= 15 is 0 Å². The van der Waals surface area contributed by atoms with Crippen LogP contribution in [0.25, 0.3) is 0 Å². The van der Waals surface area contributed by atoms with E-state index in [1.165, 1.54) is 0 Å². The highest BCUT2D eigenvalue weighted by molar-refractivity contribution is 7.92. The highest BCUT2D eigenvalue weighted by Crippen LogP contribution is 2.20. The molecule has 0 amide bonds. The SMILES string of the molecule is O=S1(=O)CCC(N(CCO)S(=O)(=O)CCCl)C1. The Morgan fingerprint density at radius 1 is 1.41 bits per heavy atom. The third-order valence-electron chi connectivity index (χ3n) is 2.63. The van der Waals surface area contributed by atoms with E-state index in [-0.39, 0.29) is 42.7 Å². The van der Waals surface area contributed by atoms with Crippen molar-refractivity contribution >= 4 is 31.5 Å². The maximum Gasteiger partial charge on any atom is 0.215 e. The second-order valence-corrected chi connectivity index (χ2v) is 8.54. The van der Waals surface area contributed by atoms with Crippen LogP contribution < -0.4 is 0 Å². The van der Waals surface area contributed by atoms with Crippen molar-refractivity contribution in [1.82, 2.24) is 4.31 Å². The molecule has 1 unspecified atom stereocenters. The Labute approximate surface area is 107 Å². The molecule has 0 aliphatic carbocycles. The number of halogens is 1. The zero-order valence-corrected chi connectivity index (χ0v) is 11.6. The smallest absolute Gasteiger partial charge is 0.215 e. The van der Waals surface area contributed by atoms with Crippen molar-refractivity contribution in [2.24, 2.45) is 0 Å². The average molecular weight is 306 g/mol. The first-order valence-electron chi connectivity index (χ1n) is 5.19. The van der Waals surface area contributed by atoms with E-state index in [4.69, 9.17) is 16.7 Å². The van der Waals surface area contributed by atoms with Gasteiger partial charge in [-0.05, 0) is 6.42 Å². The van der Waals surface area contributed by atoms with Gasteiger partial charge in [-0.3, -0.25) is 0 Å². The van der Waals surface area contributed by atoms with Gasteiger partial charge in [-0.1, -0.05) is 0 Å². The molecule has 1 aliphatic rings. The molecule has 1 rings (SSSR count). The first kappa shape index (κ1) is 15.2. The van der Waals surface area contributed by atoms with Gasteiger partial charge >= 0.3 is 0 Å². The molecule has 102 valence electrons. The van der Waals surface area contributed by atoms with Crippen LogP contribution in [0.1, 0.15) is 6.42 Å². The lowest BCUT2D eigenvalue weighted by molar-refractivity contribution is 0.233. The Hall–Kier alpha value is 0.110. The summed E-state index contributed by atoms with van der Waals surface area (Å²) in [5.41, 5.74) is 0. The van der Waals surface area contributed by atoms with E-state index in [1.807, 2.05) is 0 Å². The standard InChI is InChI=1S/C8H16ClNO5S2/c9-2-6-17(14,15)10(3-4-11)8-1-5-16(12,13)7-8/h8,11H,1-7H2. The number of aliphatic hydroxyl groups is 1. The van der Waals surface area contributed by atoms with Crippen molar-refractivity contribution in [3.8, 4) is 0 Å². The minimum Gasteiger partial charge on any atom is -0.395 e. The van der Waals surface area contributed by atoms with E-state index in [0.29, 0.717) is 0 Å². The molecule has 0 saturated carbocycles. The summed E-state index contributed by atoms with van der Waals surface area (Å²) in [6.07, 6.45) is 0.282. The summed E-state index contributed by atoms with van der Waals surface area (Å²) in [5.74, 6) is -0.473. The van der Waals surface area contributed by atoms with Crippen molar-refractivity contribution < 1.29 is 21.9 Å². The quantitative estimate of drug-likeness (QED) is 0.638. The number of aliphatic hydroxyl groups excluding tert-OH is 1. The first-order chi connectivity index (χ1) is 7.82. The van der Waals surface area contributed by atoms with Crippen molar-refractivity contribution in [2.45, 2.75) is 12.5 Å². The van der Waals surface area contributed by atoms with Crippen molar-refractivity contribution in [2.75, 3.05) is 36.3 Å². The van der Waals surface area contributed by atoms with Gasteiger partial charge in [0.15, 0.2) is 9.84 Å². The summed E-state index contributed by atoms with van der Waals surface area (Å²) in [7, 11) is -6.75. The van der Waals surface area contributed by atoms with Gasteiger partial charge in [-0.25, -0.2) is 16.8 Å². The van der Waals surface area contributed by atoms with Gasteiger partial charge < -0.3 is 5.11 Å². The number of rotatable bonds is 6. The Kier molecular flexibility index (Phi) is 5.21. The fraction of sp³-hybridized carbons (Fsp3) is 1.00. The van der Waals surface area contributed by atoms with Gasteiger partial charge in [0.05, 0.1) is 23.9 Å². The topological polar surface area (TPSA) is 91.8 Å². The van der Waals surface area contributed by atoms with Gasteiger partial charge in [0, 0.05) is 18.5 Å². The number of sulfonamides is 1. The Bertz CT molecular complexity index is 447. The predicted octanol–water partition coefficient (Wildman–Crippen LogP) is -0.964. The molecule has 1 atom stereocenters. The fourth-order valence-corrected chi connectivity index (χ4v) is 5.70. The molecule has 0 aromatic heterocycles. The van der Waals surface area contributed by atoms with Gasteiger partial charge in [-0.15, -0.1) is 11.6 Å². The first-order valence-corrected chi connectivity index (χ1v) is 9.15.